The molecule has 0 bridgehead atoms. The Bertz CT molecular complexity index is 602. The molecule has 0 amide bonds. The highest BCUT2D eigenvalue weighted by atomic mass is 32.1. The highest BCUT2D eigenvalue weighted by molar-refractivity contribution is 7.10. The minimum Gasteiger partial charge on any atom is -0.397 e. The van der Waals surface area contributed by atoms with Gasteiger partial charge in [-0.2, -0.15) is 0 Å². The molecule has 1 aliphatic rings. The molecule has 0 spiro atoms. The molecule has 2 atom stereocenters. The second-order valence-electron chi connectivity index (χ2n) is 5.08. The first-order chi connectivity index (χ1) is 9.53. The standard InChI is InChI=1S/C15H18N2O2S/c1-9-10(2)19-15(18-9,14-4-3-7-20-14)11-5-6-12(16)13(17)8-11/h3-10H,16-17H2,1-2H3. The minimum absolute atomic E-state index is 0.0101. The van der Waals surface area contributed by atoms with Crippen LogP contribution in [-0.2, 0) is 15.3 Å². The van der Waals surface area contributed by atoms with Crippen LogP contribution >= 0.6 is 11.3 Å². The average Bonchev–Trinajstić information content (AvgIpc) is 3.03. The predicted molar refractivity (Wildman–Crippen MR) is 81.5 cm³/mol. The van der Waals surface area contributed by atoms with E-state index >= 15 is 0 Å². The predicted octanol–water partition coefficient (Wildman–Crippen LogP) is 2.94. The Hall–Kier alpha value is -1.56. The molecular formula is C15H18N2O2S. The van der Waals surface area contributed by atoms with Crippen molar-refractivity contribution in [1.29, 1.82) is 0 Å². The van der Waals surface area contributed by atoms with E-state index in [1.165, 1.54) is 0 Å². The van der Waals surface area contributed by atoms with Gasteiger partial charge in [-0.3, -0.25) is 0 Å². The molecule has 2 heterocycles. The van der Waals surface area contributed by atoms with E-state index < -0.39 is 5.79 Å². The maximum atomic E-state index is 6.18. The van der Waals surface area contributed by atoms with E-state index in [1.807, 2.05) is 43.5 Å². The van der Waals surface area contributed by atoms with Crippen LogP contribution < -0.4 is 11.5 Å². The third kappa shape index (κ3) is 1.98. The normalized spacial score (nSPS) is 29.7. The third-order valence-electron chi connectivity index (χ3n) is 3.68. The maximum absolute atomic E-state index is 6.18. The van der Waals surface area contributed by atoms with Crippen LogP contribution in [0.3, 0.4) is 0 Å². The number of ether oxygens (including phenoxy) is 2. The number of hydrogen-bond donors (Lipinski definition) is 2. The van der Waals surface area contributed by atoms with Gasteiger partial charge in [0.15, 0.2) is 0 Å². The van der Waals surface area contributed by atoms with Crippen molar-refractivity contribution in [3.8, 4) is 0 Å². The van der Waals surface area contributed by atoms with Crippen molar-refractivity contribution in [3.05, 3.63) is 46.2 Å². The largest absolute Gasteiger partial charge is 0.397 e. The summed E-state index contributed by atoms with van der Waals surface area (Å²) >= 11 is 1.61. The Balaban J connectivity index is 2.13. The van der Waals surface area contributed by atoms with Crippen molar-refractivity contribution in [2.45, 2.75) is 31.8 Å². The van der Waals surface area contributed by atoms with Crippen LogP contribution in [0, 0.1) is 0 Å². The molecular weight excluding hydrogens is 272 g/mol. The number of hydrogen-bond acceptors (Lipinski definition) is 5. The Labute approximate surface area is 122 Å². The van der Waals surface area contributed by atoms with Crippen molar-refractivity contribution in [1.82, 2.24) is 0 Å². The van der Waals surface area contributed by atoms with Crippen LogP contribution in [0.5, 0.6) is 0 Å². The number of benzene rings is 1. The summed E-state index contributed by atoms with van der Waals surface area (Å²) in [6.07, 6.45) is 0.0201. The fourth-order valence-corrected chi connectivity index (χ4v) is 3.21. The molecule has 2 aromatic rings. The molecule has 1 fully saturated rings. The smallest absolute Gasteiger partial charge is 0.232 e. The first kappa shape index (κ1) is 13.4. The van der Waals surface area contributed by atoms with Gasteiger partial charge in [-0.15, -0.1) is 11.3 Å². The number of rotatable bonds is 2. The number of nitrogens with two attached hydrogens (primary N) is 2. The number of nitrogen functional groups attached to an aromatic ring is 2. The summed E-state index contributed by atoms with van der Waals surface area (Å²) in [6, 6.07) is 9.54. The van der Waals surface area contributed by atoms with Crippen LogP contribution in [0.1, 0.15) is 24.3 Å². The van der Waals surface area contributed by atoms with Gasteiger partial charge >= 0.3 is 0 Å². The second kappa shape index (κ2) is 4.77. The quantitative estimate of drug-likeness (QED) is 0.834. The molecule has 5 heteroatoms. The lowest BCUT2D eigenvalue weighted by Crippen LogP contribution is -2.28. The summed E-state index contributed by atoms with van der Waals surface area (Å²) in [5, 5.41) is 2.01. The van der Waals surface area contributed by atoms with Gasteiger partial charge in [-0.05, 0) is 37.4 Å². The van der Waals surface area contributed by atoms with Gasteiger partial charge < -0.3 is 20.9 Å². The molecule has 106 valence electrons. The highest BCUT2D eigenvalue weighted by Gasteiger charge is 2.48. The van der Waals surface area contributed by atoms with Gasteiger partial charge in [0, 0.05) is 5.56 Å². The number of anilines is 2. The Morgan fingerprint density at radius 2 is 1.75 bits per heavy atom. The molecule has 20 heavy (non-hydrogen) atoms. The Kier molecular flexibility index (Phi) is 3.20. The fourth-order valence-electron chi connectivity index (χ4n) is 2.38. The molecule has 1 aromatic carbocycles. The SMILES string of the molecule is CC1OC(c2ccc(N)c(N)c2)(c2cccs2)OC1C. The lowest BCUT2D eigenvalue weighted by molar-refractivity contribution is -0.145. The fraction of sp³-hybridized carbons (Fsp3) is 0.333. The lowest BCUT2D eigenvalue weighted by atomic mass is 10.0. The van der Waals surface area contributed by atoms with Crippen molar-refractivity contribution < 1.29 is 9.47 Å². The van der Waals surface area contributed by atoms with Gasteiger partial charge in [-0.25, -0.2) is 0 Å². The van der Waals surface area contributed by atoms with Crippen molar-refractivity contribution >= 4 is 22.7 Å². The van der Waals surface area contributed by atoms with Crippen LogP contribution in [0.4, 0.5) is 11.4 Å². The molecule has 1 saturated heterocycles. The zero-order valence-corrected chi connectivity index (χ0v) is 12.3. The molecule has 4 nitrogen and oxygen atoms in total. The summed E-state index contributed by atoms with van der Waals surface area (Å²) in [5.74, 6) is -0.880. The van der Waals surface area contributed by atoms with E-state index in [4.69, 9.17) is 20.9 Å². The van der Waals surface area contributed by atoms with Crippen molar-refractivity contribution in [3.63, 3.8) is 0 Å². The number of thiophene rings is 1. The zero-order chi connectivity index (χ0) is 14.3. The molecule has 2 unspecified atom stereocenters. The topological polar surface area (TPSA) is 70.5 Å². The van der Waals surface area contributed by atoms with E-state index in [-0.39, 0.29) is 12.2 Å². The zero-order valence-electron chi connectivity index (χ0n) is 11.5. The van der Waals surface area contributed by atoms with Gasteiger partial charge in [0.05, 0.1) is 28.5 Å². The van der Waals surface area contributed by atoms with Crippen LogP contribution in [0.15, 0.2) is 35.7 Å². The molecule has 3 rings (SSSR count). The summed E-state index contributed by atoms with van der Waals surface area (Å²) in [4.78, 5) is 1.01. The molecule has 4 N–H and O–H groups in total. The van der Waals surface area contributed by atoms with Crippen LogP contribution in [0.25, 0.3) is 0 Å². The highest BCUT2D eigenvalue weighted by Crippen LogP contribution is 2.45. The van der Waals surface area contributed by atoms with Gasteiger partial charge in [0.1, 0.15) is 0 Å². The van der Waals surface area contributed by atoms with Crippen molar-refractivity contribution in [2.75, 3.05) is 11.5 Å². The lowest BCUT2D eigenvalue weighted by Gasteiger charge is -2.28. The van der Waals surface area contributed by atoms with E-state index in [1.54, 1.807) is 17.4 Å². The molecule has 0 radical (unpaired) electrons. The first-order valence-electron chi connectivity index (χ1n) is 6.58. The van der Waals surface area contributed by atoms with Gasteiger partial charge in [0.25, 0.3) is 0 Å². The first-order valence-corrected chi connectivity index (χ1v) is 7.46. The molecule has 1 aromatic heterocycles. The molecule has 1 aliphatic heterocycles. The molecule has 0 saturated carbocycles. The van der Waals surface area contributed by atoms with Crippen LogP contribution in [-0.4, -0.2) is 12.2 Å². The van der Waals surface area contributed by atoms with E-state index in [9.17, 15) is 0 Å². The minimum atomic E-state index is -0.880. The summed E-state index contributed by atoms with van der Waals surface area (Å²) < 4.78 is 12.4. The summed E-state index contributed by atoms with van der Waals surface area (Å²) in [7, 11) is 0. The van der Waals surface area contributed by atoms with E-state index in [0.717, 1.165) is 10.4 Å². The second-order valence-corrected chi connectivity index (χ2v) is 6.03. The monoisotopic (exact) mass is 290 g/mol. The van der Waals surface area contributed by atoms with Crippen molar-refractivity contribution in [2.24, 2.45) is 0 Å². The Morgan fingerprint density at radius 1 is 1.05 bits per heavy atom. The van der Waals surface area contributed by atoms with Gasteiger partial charge in [0.2, 0.25) is 5.79 Å². The van der Waals surface area contributed by atoms with E-state index in [2.05, 4.69) is 0 Å². The average molecular weight is 290 g/mol. The Morgan fingerprint density at radius 3 is 2.30 bits per heavy atom. The van der Waals surface area contributed by atoms with E-state index in [0.29, 0.717) is 11.4 Å². The van der Waals surface area contributed by atoms with Crippen LogP contribution in [0.2, 0.25) is 0 Å². The summed E-state index contributed by atoms with van der Waals surface area (Å²) in [5.41, 5.74) is 13.7. The maximum Gasteiger partial charge on any atom is 0.232 e. The molecule has 0 aliphatic carbocycles. The summed E-state index contributed by atoms with van der Waals surface area (Å²) in [6.45, 7) is 4.03. The third-order valence-corrected chi connectivity index (χ3v) is 4.63. The van der Waals surface area contributed by atoms with Gasteiger partial charge in [-0.1, -0.05) is 12.1 Å².